The maximum Gasteiger partial charge on any atom is 0.271 e. The van der Waals surface area contributed by atoms with Gasteiger partial charge in [0.2, 0.25) is 5.91 Å². The van der Waals surface area contributed by atoms with Gasteiger partial charge in [-0.3, -0.25) is 14.4 Å². The van der Waals surface area contributed by atoms with E-state index in [0.717, 1.165) is 24.0 Å². The summed E-state index contributed by atoms with van der Waals surface area (Å²) >= 11 is 1.36. The number of hydrogen-bond acceptors (Lipinski definition) is 7. The van der Waals surface area contributed by atoms with Crippen molar-refractivity contribution < 1.29 is 24.2 Å². The number of nitrogens with one attached hydrogen (secondary N) is 1. The minimum Gasteiger partial charge on any atom is -0.508 e. The fourth-order valence-corrected chi connectivity index (χ4v) is 5.44. The zero-order chi connectivity index (χ0) is 24.4. The van der Waals surface area contributed by atoms with E-state index in [1.165, 1.54) is 23.5 Å². The predicted octanol–water partition coefficient (Wildman–Crippen LogP) is 2.82. The first-order valence-electron chi connectivity index (χ1n) is 11.5. The molecule has 0 spiro atoms. The first-order valence-corrected chi connectivity index (χ1v) is 12.4. The third kappa shape index (κ3) is 4.96. The number of amides is 2. The molecule has 0 radical (unpaired) electrons. The van der Waals surface area contributed by atoms with Crippen molar-refractivity contribution >= 4 is 28.9 Å². The first kappa shape index (κ1) is 23.2. The van der Waals surface area contributed by atoms with Crippen LogP contribution in [0.2, 0.25) is 0 Å². The molecule has 0 saturated carbocycles. The molecule has 9 heteroatoms. The Kier molecular flexibility index (Phi) is 6.61. The lowest BCUT2D eigenvalue weighted by molar-refractivity contribution is -0.142. The third-order valence-electron chi connectivity index (χ3n) is 6.37. The molecule has 3 atom stereocenters. The van der Waals surface area contributed by atoms with Gasteiger partial charge in [-0.15, -0.1) is 11.3 Å². The molecule has 3 heterocycles. The molecule has 1 aromatic heterocycles. The number of fused-ring (bicyclic) bond motifs is 1. The average molecular weight is 492 g/mol. The van der Waals surface area contributed by atoms with Gasteiger partial charge in [0.05, 0.1) is 6.10 Å². The van der Waals surface area contributed by atoms with Gasteiger partial charge >= 0.3 is 0 Å². The second-order valence-corrected chi connectivity index (χ2v) is 9.59. The molecule has 2 aromatic carbocycles. The Hall–Kier alpha value is -3.56. The molecule has 2 fully saturated rings. The van der Waals surface area contributed by atoms with Gasteiger partial charge in [-0.2, -0.15) is 0 Å². The van der Waals surface area contributed by atoms with Crippen molar-refractivity contribution in [3.05, 3.63) is 71.2 Å². The average Bonchev–Trinajstić information content (AvgIpc) is 3.53. The lowest BCUT2D eigenvalue weighted by Crippen LogP contribution is -2.58. The number of phenolic OH excluding ortho intramolecular Hbond substituents is 1. The van der Waals surface area contributed by atoms with Crippen molar-refractivity contribution in [2.75, 3.05) is 13.2 Å². The van der Waals surface area contributed by atoms with E-state index in [0.29, 0.717) is 11.6 Å². The minimum atomic E-state index is -0.902. The van der Waals surface area contributed by atoms with E-state index in [4.69, 9.17) is 4.74 Å². The van der Waals surface area contributed by atoms with E-state index in [1.54, 1.807) is 22.4 Å². The summed E-state index contributed by atoms with van der Waals surface area (Å²) < 4.78 is 5.59. The van der Waals surface area contributed by atoms with E-state index in [2.05, 4.69) is 10.3 Å². The topological polar surface area (TPSA) is 109 Å². The summed E-state index contributed by atoms with van der Waals surface area (Å²) in [5.74, 6) is -0.768. The fourth-order valence-electron chi connectivity index (χ4n) is 4.63. The Morgan fingerprint density at radius 2 is 1.94 bits per heavy atom. The highest BCUT2D eigenvalue weighted by Gasteiger charge is 2.45. The van der Waals surface area contributed by atoms with Crippen LogP contribution in [0.3, 0.4) is 0 Å². The van der Waals surface area contributed by atoms with Gasteiger partial charge in [0.25, 0.3) is 5.91 Å². The maximum absolute atomic E-state index is 13.7. The van der Waals surface area contributed by atoms with E-state index in [9.17, 15) is 19.5 Å². The van der Waals surface area contributed by atoms with Crippen molar-refractivity contribution in [2.24, 2.45) is 0 Å². The van der Waals surface area contributed by atoms with Gasteiger partial charge in [0.1, 0.15) is 35.1 Å². The molecule has 2 N–H and O–H groups in total. The molecule has 8 nitrogen and oxygen atoms in total. The summed E-state index contributed by atoms with van der Waals surface area (Å²) in [6.07, 6.45) is 1.38. The number of likely N-dealkylation sites (tertiary alicyclic amines) is 1. The summed E-state index contributed by atoms with van der Waals surface area (Å²) in [6.45, 7) is 0.446. The van der Waals surface area contributed by atoms with Crippen LogP contribution in [0.25, 0.3) is 10.6 Å². The van der Waals surface area contributed by atoms with Crippen LogP contribution in [-0.4, -0.2) is 63.9 Å². The van der Waals surface area contributed by atoms with Crippen LogP contribution in [0, 0.1) is 0 Å². The van der Waals surface area contributed by atoms with E-state index < -0.39 is 18.0 Å². The fraction of sp³-hybridized carbons (Fsp3) is 0.308. The van der Waals surface area contributed by atoms with Gasteiger partial charge in [-0.25, -0.2) is 4.98 Å². The number of nitrogens with zero attached hydrogens (tertiary/aromatic N) is 2. The Labute approximate surface area is 206 Å². The molecule has 0 bridgehead atoms. The summed E-state index contributed by atoms with van der Waals surface area (Å²) in [4.78, 5) is 45.3. The number of carbonyl (C=O) groups is 3. The van der Waals surface area contributed by atoms with Gasteiger partial charge in [-0.05, 0) is 30.5 Å². The van der Waals surface area contributed by atoms with Gasteiger partial charge in [0.15, 0.2) is 5.78 Å². The largest absolute Gasteiger partial charge is 0.508 e. The molecule has 2 aliphatic heterocycles. The van der Waals surface area contributed by atoms with Gasteiger partial charge in [-0.1, -0.05) is 42.5 Å². The molecular formula is C26H25N3O5S. The van der Waals surface area contributed by atoms with Crippen LogP contribution in [0.4, 0.5) is 0 Å². The summed E-state index contributed by atoms with van der Waals surface area (Å²) in [6, 6.07) is 14.5. The molecule has 2 saturated heterocycles. The predicted molar refractivity (Wildman–Crippen MR) is 130 cm³/mol. The number of phenols is 1. The first-order chi connectivity index (χ1) is 17.0. The zero-order valence-corrected chi connectivity index (χ0v) is 19.7. The molecular weight excluding hydrogens is 466 g/mol. The van der Waals surface area contributed by atoms with E-state index >= 15 is 0 Å². The van der Waals surface area contributed by atoms with Gasteiger partial charge in [0, 0.05) is 23.9 Å². The smallest absolute Gasteiger partial charge is 0.271 e. The van der Waals surface area contributed by atoms with Crippen LogP contribution in [0.5, 0.6) is 5.75 Å². The Morgan fingerprint density at radius 3 is 2.71 bits per heavy atom. The third-order valence-corrected chi connectivity index (χ3v) is 7.26. The highest BCUT2D eigenvalue weighted by atomic mass is 32.1. The van der Waals surface area contributed by atoms with E-state index in [-0.39, 0.29) is 42.3 Å². The number of piperidine rings is 1. The summed E-state index contributed by atoms with van der Waals surface area (Å²) in [5.41, 5.74) is 1.91. The van der Waals surface area contributed by atoms with Crippen molar-refractivity contribution in [1.82, 2.24) is 15.2 Å². The van der Waals surface area contributed by atoms with Crippen molar-refractivity contribution in [3.63, 3.8) is 0 Å². The number of ketones is 1. The van der Waals surface area contributed by atoms with Gasteiger partial charge < -0.3 is 20.1 Å². The van der Waals surface area contributed by atoms with E-state index in [1.807, 2.05) is 30.3 Å². The number of aromatic hydroxyl groups is 1. The normalized spacial score (nSPS) is 20.3. The lowest BCUT2D eigenvalue weighted by atomic mass is 9.95. The molecule has 3 unspecified atom stereocenters. The second kappa shape index (κ2) is 9.97. The standard InChI is InChI=1S/C26H25N3O5S/c30-18-10-8-16(9-11-18)13-19(26(33)29-12-4-7-22-23(29)21(31)14-34-22)27-24(32)20-15-35-25(28-20)17-5-2-1-3-6-17/h1-3,5-6,8-11,15,19,22-23,30H,4,7,12-14H2,(H,27,32). The van der Waals surface area contributed by atoms with Crippen LogP contribution in [0.1, 0.15) is 28.9 Å². The number of rotatable bonds is 6. The number of thiazole rings is 1. The number of carbonyl (C=O) groups excluding carboxylic acids is 3. The van der Waals surface area contributed by atoms with Crippen LogP contribution < -0.4 is 5.32 Å². The Bertz CT molecular complexity index is 1230. The van der Waals surface area contributed by atoms with Crippen molar-refractivity contribution in [2.45, 2.75) is 37.5 Å². The quantitative estimate of drug-likeness (QED) is 0.549. The molecule has 35 heavy (non-hydrogen) atoms. The Morgan fingerprint density at radius 1 is 1.17 bits per heavy atom. The highest BCUT2D eigenvalue weighted by molar-refractivity contribution is 7.13. The maximum atomic E-state index is 13.7. The number of benzene rings is 2. The monoisotopic (exact) mass is 491 g/mol. The summed E-state index contributed by atoms with van der Waals surface area (Å²) in [7, 11) is 0. The number of ether oxygens (including phenoxy) is 1. The number of hydrogen-bond donors (Lipinski definition) is 2. The molecule has 3 aromatic rings. The van der Waals surface area contributed by atoms with Crippen molar-refractivity contribution in [1.29, 1.82) is 0 Å². The Balaban J connectivity index is 1.38. The minimum absolute atomic E-state index is 0.00911. The van der Waals surface area contributed by atoms with Crippen LogP contribution >= 0.6 is 11.3 Å². The SMILES string of the molecule is O=C(NC(Cc1ccc(O)cc1)C(=O)N1CCCC2OCC(=O)C21)c1csc(-c2ccccc2)n1. The molecule has 2 amide bonds. The van der Waals surface area contributed by atoms with Crippen molar-refractivity contribution in [3.8, 4) is 16.3 Å². The number of Topliss-reactive ketones (excluding diaryl/α,β-unsaturated/α-hetero) is 1. The van der Waals surface area contributed by atoms with Crippen LogP contribution in [0.15, 0.2) is 60.0 Å². The molecule has 0 aliphatic carbocycles. The lowest BCUT2D eigenvalue weighted by Gasteiger charge is -2.37. The highest BCUT2D eigenvalue weighted by Crippen LogP contribution is 2.28. The second-order valence-electron chi connectivity index (χ2n) is 8.74. The number of aromatic nitrogens is 1. The van der Waals surface area contributed by atoms with Crippen LogP contribution in [-0.2, 0) is 20.7 Å². The molecule has 2 aliphatic rings. The molecule has 180 valence electrons. The zero-order valence-electron chi connectivity index (χ0n) is 18.9. The molecule has 5 rings (SSSR count). The summed E-state index contributed by atoms with van der Waals surface area (Å²) in [5, 5.41) is 14.9.